The minimum Gasteiger partial charge on any atom is -0.396 e. The molecule has 5 heteroatoms. The highest BCUT2D eigenvalue weighted by Gasteiger charge is 2.27. The summed E-state index contributed by atoms with van der Waals surface area (Å²) in [6.45, 7) is 0.217. The molecule has 1 aliphatic carbocycles. The highest BCUT2D eigenvalue weighted by atomic mass is 35.5. The lowest BCUT2D eigenvalue weighted by atomic mass is 10.0. The Balaban J connectivity index is 1.96. The van der Waals surface area contributed by atoms with Crippen LogP contribution in [0.2, 0.25) is 5.28 Å². The van der Waals surface area contributed by atoms with Crippen LogP contribution in [0.3, 0.4) is 0 Å². The first-order valence-corrected chi connectivity index (χ1v) is 6.95. The van der Waals surface area contributed by atoms with Gasteiger partial charge in [0.15, 0.2) is 0 Å². The molecule has 1 aromatic carbocycles. The van der Waals surface area contributed by atoms with Crippen LogP contribution in [-0.2, 0) is 0 Å². The quantitative estimate of drug-likeness (QED) is 0.847. The largest absolute Gasteiger partial charge is 0.396 e. The van der Waals surface area contributed by atoms with Crippen LogP contribution in [0.25, 0.3) is 10.9 Å². The maximum absolute atomic E-state index is 9.38. The van der Waals surface area contributed by atoms with E-state index in [1.54, 1.807) is 0 Å². The number of nitrogens with zero attached hydrogens (tertiary/aromatic N) is 2. The van der Waals surface area contributed by atoms with Crippen molar-refractivity contribution in [1.29, 1.82) is 0 Å². The van der Waals surface area contributed by atoms with Crippen molar-refractivity contribution in [2.24, 2.45) is 5.92 Å². The molecule has 1 saturated carbocycles. The molecule has 4 nitrogen and oxygen atoms in total. The monoisotopic (exact) mass is 277 g/mol. The van der Waals surface area contributed by atoms with Gasteiger partial charge in [0.05, 0.1) is 5.52 Å². The summed E-state index contributed by atoms with van der Waals surface area (Å²) in [6, 6.07) is 8.06. The van der Waals surface area contributed by atoms with Crippen molar-refractivity contribution in [3.63, 3.8) is 0 Å². The number of rotatable bonds is 3. The van der Waals surface area contributed by atoms with Gasteiger partial charge in [-0.2, -0.15) is 0 Å². The minimum atomic E-state index is 0.217. The zero-order valence-electron chi connectivity index (χ0n) is 10.5. The topological polar surface area (TPSA) is 58.0 Å². The van der Waals surface area contributed by atoms with Crippen molar-refractivity contribution in [2.75, 3.05) is 11.9 Å². The second kappa shape index (κ2) is 5.31. The first kappa shape index (κ1) is 12.6. The molecular weight excluding hydrogens is 262 g/mol. The van der Waals surface area contributed by atoms with Crippen LogP contribution in [-0.4, -0.2) is 27.7 Å². The number of hydrogen-bond acceptors (Lipinski definition) is 4. The molecule has 100 valence electrons. The van der Waals surface area contributed by atoms with Crippen LogP contribution < -0.4 is 5.32 Å². The number of anilines is 1. The van der Waals surface area contributed by atoms with E-state index in [9.17, 15) is 5.11 Å². The summed E-state index contributed by atoms with van der Waals surface area (Å²) in [6.07, 6.45) is 3.26. The van der Waals surface area contributed by atoms with Gasteiger partial charge in [0, 0.05) is 24.0 Å². The van der Waals surface area contributed by atoms with E-state index in [1.807, 2.05) is 24.3 Å². The highest BCUT2D eigenvalue weighted by Crippen LogP contribution is 2.30. The van der Waals surface area contributed by atoms with Crippen LogP contribution in [0.4, 0.5) is 5.82 Å². The predicted octanol–water partition coefficient (Wildman–Crippen LogP) is 2.86. The molecule has 2 atom stereocenters. The third-order valence-corrected chi connectivity index (χ3v) is 3.96. The standard InChI is InChI=1S/C14H16ClN3O/c15-14-17-12-6-2-1-5-10(12)13(18-14)16-11-7-3-4-9(11)8-19/h1-2,5-6,9,11,19H,3-4,7-8H2,(H,16,17,18). The van der Waals surface area contributed by atoms with Crippen molar-refractivity contribution in [3.8, 4) is 0 Å². The minimum absolute atomic E-state index is 0.217. The van der Waals surface area contributed by atoms with Gasteiger partial charge >= 0.3 is 0 Å². The second-order valence-electron chi connectivity index (χ2n) is 4.98. The number of aromatic nitrogens is 2. The van der Waals surface area contributed by atoms with E-state index in [1.165, 1.54) is 0 Å². The molecule has 0 amide bonds. The molecule has 0 saturated heterocycles. The lowest BCUT2D eigenvalue weighted by Crippen LogP contribution is -2.27. The van der Waals surface area contributed by atoms with E-state index in [2.05, 4.69) is 15.3 Å². The molecule has 1 heterocycles. The van der Waals surface area contributed by atoms with Gasteiger partial charge in [0.2, 0.25) is 5.28 Å². The number of halogens is 1. The number of hydrogen-bond donors (Lipinski definition) is 2. The van der Waals surface area contributed by atoms with E-state index in [0.717, 1.165) is 36.0 Å². The number of para-hydroxylation sites is 1. The van der Waals surface area contributed by atoms with E-state index < -0.39 is 0 Å². The molecule has 0 radical (unpaired) electrons. The summed E-state index contributed by atoms with van der Waals surface area (Å²) in [4.78, 5) is 8.51. The molecule has 0 bridgehead atoms. The smallest absolute Gasteiger partial charge is 0.224 e. The average Bonchev–Trinajstić information content (AvgIpc) is 2.86. The van der Waals surface area contributed by atoms with E-state index in [-0.39, 0.29) is 17.9 Å². The molecule has 2 aromatic rings. The maximum Gasteiger partial charge on any atom is 0.224 e. The molecule has 0 spiro atoms. The average molecular weight is 278 g/mol. The first-order valence-electron chi connectivity index (χ1n) is 6.57. The van der Waals surface area contributed by atoms with E-state index in [0.29, 0.717) is 5.92 Å². The maximum atomic E-state index is 9.38. The predicted molar refractivity (Wildman–Crippen MR) is 76.4 cm³/mol. The molecule has 1 fully saturated rings. The lowest BCUT2D eigenvalue weighted by Gasteiger charge is -2.20. The summed E-state index contributed by atoms with van der Waals surface area (Å²) in [5, 5.41) is 14.0. The van der Waals surface area contributed by atoms with Gasteiger partial charge < -0.3 is 10.4 Å². The van der Waals surface area contributed by atoms with Crippen LogP contribution >= 0.6 is 11.6 Å². The third kappa shape index (κ3) is 2.51. The molecule has 2 unspecified atom stereocenters. The third-order valence-electron chi connectivity index (χ3n) is 3.79. The first-order chi connectivity index (χ1) is 9.28. The van der Waals surface area contributed by atoms with Gasteiger partial charge in [0.25, 0.3) is 0 Å². The fraction of sp³-hybridized carbons (Fsp3) is 0.429. The van der Waals surface area contributed by atoms with Crippen LogP contribution in [0.15, 0.2) is 24.3 Å². The Morgan fingerprint density at radius 1 is 1.26 bits per heavy atom. The number of nitrogens with one attached hydrogen (secondary N) is 1. The lowest BCUT2D eigenvalue weighted by molar-refractivity contribution is 0.222. The van der Waals surface area contributed by atoms with Gasteiger partial charge in [-0.15, -0.1) is 0 Å². The molecule has 3 rings (SSSR count). The Labute approximate surface area is 116 Å². The molecule has 1 aliphatic rings. The van der Waals surface area contributed by atoms with Gasteiger partial charge in [-0.25, -0.2) is 9.97 Å². The van der Waals surface area contributed by atoms with Gasteiger partial charge in [0.1, 0.15) is 5.82 Å². The molecule has 19 heavy (non-hydrogen) atoms. The normalized spacial score (nSPS) is 22.8. The zero-order valence-corrected chi connectivity index (χ0v) is 11.3. The molecule has 2 N–H and O–H groups in total. The van der Waals surface area contributed by atoms with Gasteiger partial charge in [-0.3, -0.25) is 0 Å². The Bertz CT molecular complexity index is 590. The van der Waals surface area contributed by atoms with E-state index in [4.69, 9.17) is 11.6 Å². The second-order valence-corrected chi connectivity index (χ2v) is 5.32. The Kier molecular flexibility index (Phi) is 3.53. The van der Waals surface area contributed by atoms with Crippen molar-refractivity contribution in [2.45, 2.75) is 25.3 Å². The van der Waals surface area contributed by atoms with Crippen molar-refractivity contribution in [3.05, 3.63) is 29.5 Å². The number of fused-ring (bicyclic) bond motifs is 1. The van der Waals surface area contributed by atoms with Crippen LogP contribution in [0, 0.1) is 5.92 Å². The SMILES string of the molecule is OCC1CCCC1Nc1nc(Cl)nc2ccccc12. The van der Waals surface area contributed by atoms with Gasteiger partial charge in [-0.05, 0) is 36.6 Å². The number of aliphatic hydroxyl groups is 1. The summed E-state index contributed by atoms with van der Waals surface area (Å²) < 4.78 is 0. The van der Waals surface area contributed by atoms with Crippen LogP contribution in [0.5, 0.6) is 0 Å². The molecule has 0 aliphatic heterocycles. The van der Waals surface area contributed by atoms with Gasteiger partial charge in [-0.1, -0.05) is 18.6 Å². The highest BCUT2D eigenvalue weighted by molar-refractivity contribution is 6.28. The zero-order chi connectivity index (χ0) is 13.2. The molecule has 1 aromatic heterocycles. The van der Waals surface area contributed by atoms with Crippen LogP contribution in [0.1, 0.15) is 19.3 Å². The van der Waals surface area contributed by atoms with Crippen molar-refractivity contribution in [1.82, 2.24) is 9.97 Å². The number of benzene rings is 1. The summed E-state index contributed by atoms with van der Waals surface area (Å²) in [5.41, 5.74) is 0.837. The fourth-order valence-electron chi connectivity index (χ4n) is 2.78. The number of aliphatic hydroxyl groups excluding tert-OH is 1. The Morgan fingerprint density at radius 2 is 2.11 bits per heavy atom. The molecular formula is C14H16ClN3O. The summed E-state index contributed by atoms with van der Waals surface area (Å²) >= 11 is 5.97. The Hall–Kier alpha value is -1.39. The fourth-order valence-corrected chi connectivity index (χ4v) is 2.95. The van der Waals surface area contributed by atoms with Crippen molar-refractivity contribution < 1.29 is 5.11 Å². The van der Waals surface area contributed by atoms with E-state index >= 15 is 0 Å². The summed E-state index contributed by atoms with van der Waals surface area (Å²) in [5.74, 6) is 1.06. The van der Waals surface area contributed by atoms with Crippen molar-refractivity contribution >= 4 is 28.3 Å². The Morgan fingerprint density at radius 3 is 2.95 bits per heavy atom. The summed E-state index contributed by atoms with van der Waals surface area (Å²) in [7, 11) is 0.